The van der Waals surface area contributed by atoms with Crippen LogP contribution >= 0.6 is 11.6 Å². The summed E-state index contributed by atoms with van der Waals surface area (Å²) >= 11 is 6.22. The summed E-state index contributed by atoms with van der Waals surface area (Å²) in [6.07, 6.45) is 0. The summed E-state index contributed by atoms with van der Waals surface area (Å²) in [6, 6.07) is 15.5. The number of phenols is 1. The van der Waals surface area contributed by atoms with Crippen molar-refractivity contribution in [2.45, 2.75) is 52.7 Å². The summed E-state index contributed by atoms with van der Waals surface area (Å²) < 4.78 is 141. The Kier molecular flexibility index (Phi) is 10.2. The molecule has 60 heavy (non-hydrogen) atoms. The largest absolute Gasteiger partial charge is 0.506 e. The van der Waals surface area contributed by atoms with E-state index in [2.05, 4.69) is 14.7 Å². The number of ether oxygens (including phenoxy) is 1. The minimum absolute atomic E-state index is 0.0129. The number of sulfonamides is 1. The molecule has 22 heteroatoms. The van der Waals surface area contributed by atoms with Crippen LogP contribution in [0.1, 0.15) is 47.8 Å². The number of aromatic nitrogens is 2. The molecule has 0 radical (unpaired) electrons. The quantitative estimate of drug-likeness (QED) is 0.0930. The Bertz CT molecular complexity index is 3350. The number of hydrogen-bond acceptors (Lipinski definition) is 13. The molecule has 1 aliphatic carbocycles. The third kappa shape index (κ3) is 7.69. The molecule has 0 saturated carbocycles. The van der Waals surface area contributed by atoms with Gasteiger partial charge in [-0.15, -0.1) is 0 Å². The Hall–Kier alpha value is -5.52. The van der Waals surface area contributed by atoms with Crippen LogP contribution < -0.4 is 9.46 Å². The van der Waals surface area contributed by atoms with Crippen molar-refractivity contribution in [1.82, 2.24) is 9.97 Å². The van der Waals surface area contributed by atoms with E-state index in [4.69, 9.17) is 16.3 Å². The first-order chi connectivity index (χ1) is 27.7. The van der Waals surface area contributed by atoms with Gasteiger partial charge in [0, 0.05) is 27.6 Å². The molecule has 1 heterocycles. The Balaban J connectivity index is 1.60. The lowest BCUT2D eigenvalue weighted by Gasteiger charge is -2.25. The number of carbonyl (C=O) groups is 1. The molecule has 5 aromatic carbocycles. The molecule has 0 spiro atoms. The Morgan fingerprint density at radius 3 is 1.95 bits per heavy atom. The van der Waals surface area contributed by atoms with E-state index < -0.39 is 105 Å². The number of halogens is 1. The van der Waals surface area contributed by atoms with Gasteiger partial charge in [-0.25, -0.2) is 18.4 Å². The first kappa shape index (κ1) is 42.6. The number of ketones is 1. The van der Waals surface area contributed by atoms with Crippen LogP contribution in [-0.2, 0) is 45.8 Å². The third-order valence-electron chi connectivity index (χ3n) is 9.45. The maximum Gasteiger partial charge on any atom is 0.298 e. The van der Waals surface area contributed by atoms with Crippen molar-refractivity contribution in [3.05, 3.63) is 106 Å². The van der Waals surface area contributed by atoms with Gasteiger partial charge in [-0.05, 0) is 59.9 Å². The minimum atomic E-state index is -5.09. The summed E-state index contributed by atoms with van der Waals surface area (Å²) in [5, 5.41) is 10.7. The fraction of sp³-hybridized carbons (Fsp3) is 0.132. The molecule has 6 aromatic rings. The van der Waals surface area contributed by atoms with Gasteiger partial charge in [0.1, 0.15) is 26.8 Å². The predicted octanol–water partition coefficient (Wildman–Crippen LogP) is 6.81. The number of carbonyl (C=O) groups excluding carboxylic acids is 1. The number of aromatic hydroxyl groups is 1. The van der Waals surface area contributed by atoms with Gasteiger partial charge in [-0.2, -0.15) is 25.3 Å². The van der Waals surface area contributed by atoms with Gasteiger partial charge in [0.2, 0.25) is 0 Å². The fourth-order valence-electron chi connectivity index (χ4n) is 6.56. The minimum Gasteiger partial charge on any atom is -0.506 e. The Morgan fingerprint density at radius 1 is 0.700 bits per heavy atom. The van der Waals surface area contributed by atoms with Gasteiger partial charge in [0.05, 0.1) is 32.3 Å². The number of rotatable bonds is 9. The predicted molar refractivity (Wildman–Crippen MR) is 217 cm³/mol. The van der Waals surface area contributed by atoms with Crippen LogP contribution in [0.5, 0.6) is 17.2 Å². The van der Waals surface area contributed by atoms with E-state index in [9.17, 15) is 57.2 Å². The third-order valence-corrected chi connectivity index (χ3v) is 13.8. The molecule has 0 unspecified atom stereocenters. The molecule has 312 valence electrons. The van der Waals surface area contributed by atoms with Crippen molar-refractivity contribution in [1.29, 1.82) is 0 Å². The smallest absolute Gasteiger partial charge is 0.298 e. The fourth-order valence-corrected chi connectivity index (χ4v) is 10.0. The lowest BCUT2D eigenvalue weighted by molar-refractivity contribution is 0.104. The maximum atomic E-state index is 14.5. The van der Waals surface area contributed by atoms with Crippen LogP contribution in [-0.4, -0.2) is 68.2 Å². The maximum absolute atomic E-state index is 14.5. The summed E-state index contributed by atoms with van der Waals surface area (Å²) in [5.41, 5.74) is -1.84. The van der Waals surface area contributed by atoms with Gasteiger partial charge < -0.3 is 9.84 Å². The van der Waals surface area contributed by atoms with Gasteiger partial charge >= 0.3 is 0 Å². The highest BCUT2D eigenvalue weighted by Gasteiger charge is 2.35. The average molecular weight is 916 g/mol. The van der Waals surface area contributed by atoms with E-state index in [1.54, 1.807) is 26.8 Å². The van der Waals surface area contributed by atoms with E-state index in [1.807, 2.05) is 0 Å². The Morgan fingerprint density at radius 2 is 1.33 bits per heavy atom. The zero-order valence-electron chi connectivity index (χ0n) is 31.3. The van der Waals surface area contributed by atoms with E-state index in [0.717, 1.165) is 36.4 Å². The zero-order chi connectivity index (χ0) is 44.1. The molecule has 0 bridgehead atoms. The molecular formula is C38H30ClN3O14S4. The molecule has 0 fully saturated rings. The van der Waals surface area contributed by atoms with Gasteiger partial charge in [-0.3, -0.25) is 23.2 Å². The second-order valence-electron chi connectivity index (χ2n) is 14.6. The number of nitrogens with one attached hydrogen (secondary N) is 1. The van der Waals surface area contributed by atoms with Crippen LogP contribution in [0.25, 0.3) is 33.5 Å². The average Bonchev–Trinajstić information content (AvgIpc) is 3.13. The molecule has 5 N–H and O–H groups in total. The van der Waals surface area contributed by atoms with Crippen molar-refractivity contribution >= 4 is 74.4 Å². The van der Waals surface area contributed by atoms with Crippen LogP contribution in [0.4, 0.5) is 5.69 Å². The molecule has 0 aliphatic heterocycles. The highest BCUT2D eigenvalue weighted by Crippen LogP contribution is 2.48. The monoisotopic (exact) mass is 915 g/mol. The lowest BCUT2D eigenvalue weighted by atomic mass is 9.85. The van der Waals surface area contributed by atoms with Gasteiger partial charge in [0.25, 0.3) is 40.4 Å². The second-order valence-corrected chi connectivity index (χ2v) is 20.9. The standard InChI is InChI=1S/C38H30ClN3O14S4/c1-18-9-11-21(16-28(18)58(47,48)49)57(45,46)42-25-17-27(56-26-12-10-19(38(2,3)4)13-29(26)59(50,51)52)34-32-31(25)36(44)23-8-6-5-7-22(23)33(32)40-37(41-34)24-14-20(39)15-30(35(24)43)60(53,54)55/h5-17,42-43H,1-4H3,(H,47,48,49)(H,50,51,52)(H,53,54,55). The zero-order valence-corrected chi connectivity index (χ0v) is 35.3. The SMILES string of the molecule is Cc1ccc(S(=O)(=O)Nc2cc(Oc3ccc(C(C)(C)C)cc3S(=O)(=O)O)c3nc(-c4cc(Cl)cc(S(=O)(=O)O)c4O)nc4c3c2C(=O)c2ccccc2-4)cc1S(=O)(=O)O. The van der Waals surface area contributed by atoms with Gasteiger partial charge in [0.15, 0.2) is 17.4 Å². The normalized spacial score (nSPS) is 13.3. The highest BCUT2D eigenvalue weighted by molar-refractivity contribution is 7.92. The topological polar surface area (TPSA) is 282 Å². The number of nitrogens with zero attached hydrogens (tertiary/aromatic N) is 2. The number of phenolic OH excluding ortho intramolecular Hbond substituents is 1. The van der Waals surface area contributed by atoms with Crippen molar-refractivity contribution in [3.63, 3.8) is 0 Å². The number of aryl methyl sites for hydroxylation is 1. The Labute approximate surface area is 348 Å². The number of fused-ring (bicyclic) bond motifs is 2. The lowest BCUT2D eigenvalue weighted by Crippen LogP contribution is -2.20. The van der Waals surface area contributed by atoms with Crippen LogP contribution in [0.3, 0.4) is 0 Å². The van der Waals surface area contributed by atoms with Crippen LogP contribution in [0.15, 0.2) is 98.4 Å². The first-order valence-corrected chi connectivity index (χ1v) is 23.3. The van der Waals surface area contributed by atoms with Crippen LogP contribution in [0, 0.1) is 6.92 Å². The molecule has 1 aliphatic rings. The van der Waals surface area contributed by atoms with Crippen molar-refractivity contribution < 1.29 is 62.0 Å². The highest BCUT2D eigenvalue weighted by atomic mass is 35.5. The van der Waals surface area contributed by atoms with Crippen molar-refractivity contribution in [2.75, 3.05) is 4.72 Å². The first-order valence-electron chi connectivity index (χ1n) is 17.1. The van der Waals surface area contributed by atoms with Crippen LogP contribution in [0.2, 0.25) is 5.02 Å². The second kappa shape index (κ2) is 14.3. The van der Waals surface area contributed by atoms with E-state index in [1.165, 1.54) is 37.3 Å². The molecule has 7 rings (SSSR count). The number of anilines is 1. The number of benzene rings is 5. The van der Waals surface area contributed by atoms with Gasteiger partial charge in [-0.1, -0.05) is 68.8 Å². The number of hydrogen-bond donors (Lipinski definition) is 5. The summed E-state index contributed by atoms with van der Waals surface area (Å²) in [5.74, 6) is -3.27. The summed E-state index contributed by atoms with van der Waals surface area (Å²) in [7, 11) is -19.9. The van der Waals surface area contributed by atoms with Crippen molar-refractivity contribution in [2.24, 2.45) is 0 Å². The summed E-state index contributed by atoms with van der Waals surface area (Å²) in [4.78, 5) is 20.4. The van der Waals surface area contributed by atoms with E-state index in [0.29, 0.717) is 11.6 Å². The molecule has 0 saturated heterocycles. The van der Waals surface area contributed by atoms with Crippen molar-refractivity contribution in [3.8, 4) is 39.9 Å². The molecule has 17 nitrogen and oxygen atoms in total. The molecule has 1 aromatic heterocycles. The van der Waals surface area contributed by atoms with E-state index >= 15 is 0 Å². The van der Waals surface area contributed by atoms with E-state index in [-0.39, 0.29) is 43.9 Å². The molecular weight excluding hydrogens is 886 g/mol. The summed E-state index contributed by atoms with van der Waals surface area (Å²) in [6.45, 7) is 6.65. The molecule has 0 atom stereocenters. The molecule has 0 amide bonds.